The van der Waals surface area contributed by atoms with Gasteiger partial charge in [-0.15, -0.1) is 0 Å². The Kier molecular flexibility index (Phi) is 4.42. The highest BCUT2D eigenvalue weighted by atomic mass is 32.2. The summed E-state index contributed by atoms with van der Waals surface area (Å²) in [5, 5.41) is 0. The molecule has 6 heteroatoms. The number of halogens is 1. The third-order valence-electron chi connectivity index (χ3n) is 3.30. The largest absolute Gasteiger partial charge is 0.370 e. The molecule has 1 aliphatic rings. The van der Waals surface area contributed by atoms with E-state index in [4.69, 9.17) is 5.73 Å². The van der Waals surface area contributed by atoms with Crippen LogP contribution in [0, 0.1) is 5.82 Å². The molecule has 2 rings (SSSR count). The van der Waals surface area contributed by atoms with Crippen molar-refractivity contribution in [3.8, 4) is 0 Å². The van der Waals surface area contributed by atoms with Gasteiger partial charge in [0.25, 0.3) is 0 Å². The second-order valence-corrected chi connectivity index (χ2v) is 7.15. The van der Waals surface area contributed by atoms with Gasteiger partial charge >= 0.3 is 0 Å². The topological polar surface area (TPSA) is 63.4 Å². The van der Waals surface area contributed by atoms with Gasteiger partial charge < -0.3 is 10.6 Å². The Morgan fingerprint density at radius 3 is 2.74 bits per heavy atom. The fourth-order valence-electron chi connectivity index (χ4n) is 2.32. The second-order valence-electron chi connectivity index (χ2n) is 4.85. The lowest BCUT2D eigenvalue weighted by atomic mass is 10.1. The van der Waals surface area contributed by atoms with E-state index < -0.39 is 9.84 Å². The molecule has 1 aliphatic heterocycles. The summed E-state index contributed by atoms with van der Waals surface area (Å²) in [6.07, 6.45) is 1.21. The summed E-state index contributed by atoms with van der Waals surface area (Å²) >= 11 is 0. The number of hydrogen-bond acceptors (Lipinski definition) is 4. The van der Waals surface area contributed by atoms with E-state index in [2.05, 4.69) is 0 Å². The number of hydrogen-bond donors (Lipinski definition) is 1. The van der Waals surface area contributed by atoms with Crippen molar-refractivity contribution in [1.82, 2.24) is 0 Å². The van der Waals surface area contributed by atoms with Gasteiger partial charge in [-0.3, -0.25) is 0 Å². The monoisotopic (exact) mass is 286 g/mol. The zero-order chi connectivity index (χ0) is 13.9. The predicted molar refractivity (Wildman–Crippen MR) is 74.6 cm³/mol. The zero-order valence-electron chi connectivity index (χ0n) is 10.8. The van der Waals surface area contributed by atoms with Crippen molar-refractivity contribution in [1.29, 1.82) is 0 Å². The van der Waals surface area contributed by atoms with E-state index in [-0.39, 0.29) is 17.3 Å². The molecule has 0 aliphatic carbocycles. The fourth-order valence-corrected chi connectivity index (χ4v) is 3.60. The lowest BCUT2D eigenvalue weighted by Crippen LogP contribution is -2.27. The molecule has 0 atom stereocenters. The Morgan fingerprint density at radius 2 is 2.00 bits per heavy atom. The van der Waals surface area contributed by atoms with Gasteiger partial charge in [0.15, 0.2) is 9.84 Å². The highest BCUT2D eigenvalue weighted by molar-refractivity contribution is 7.91. The van der Waals surface area contributed by atoms with E-state index >= 15 is 0 Å². The Hall–Kier alpha value is -1.14. The number of benzene rings is 1. The summed E-state index contributed by atoms with van der Waals surface area (Å²) in [5.74, 6) is 0.0533. The lowest BCUT2D eigenvalue weighted by Gasteiger charge is -2.22. The van der Waals surface area contributed by atoms with Crippen LogP contribution in [0.5, 0.6) is 0 Å². The molecule has 1 fully saturated rings. The first-order valence-corrected chi connectivity index (χ1v) is 8.27. The Balaban J connectivity index is 2.21. The van der Waals surface area contributed by atoms with Gasteiger partial charge in [0, 0.05) is 18.8 Å². The molecule has 4 nitrogen and oxygen atoms in total. The molecule has 0 spiro atoms. The minimum atomic E-state index is -2.95. The van der Waals surface area contributed by atoms with Crippen LogP contribution < -0.4 is 10.6 Å². The van der Waals surface area contributed by atoms with Crippen molar-refractivity contribution < 1.29 is 12.8 Å². The summed E-state index contributed by atoms with van der Waals surface area (Å²) < 4.78 is 36.7. The van der Waals surface area contributed by atoms with Gasteiger partial charge in [-0.25, -0.2) is 12.8 Å². The molecule has 106 valence electrons. The number of rotatable bonds is 3. The van der Waals surface area contributed by atoms with Crippen molar-refractivity contribution in [2.45, 2.75) is 12.8 Å². The minimum absolute atomic E-state index is 0.135. The van der Waals surface area contributed by atoms with Crippen LogP contribution in [-0.4, -0.2) is 39.6 Å². The van der Waals surface area contributed by atoms with Crippen LogP contribution >= 0.6 is 0 Å². The molecule has 1 heterocycles. The molecule has 0 radical (unpaired) electrons. The van der Waals surface area contributed by atoms with E-state index in [1.165, 1.54) is 12.1 Å². The van der Waals surface area contributed by atoms with Gasteiger partial charge in [0.05, 0.1) is 11.5 Å². The number of anilines is 1. The van der Waals surface area contributed by atoms with Crippen molar-refractivity contribution >= 4 is 15.5 Å². The lowest BCUT2D eigenvalue weighted by molar-refractivity contribution is 0.597. The first-order chi connectivity index (χ1) is 9.00. The molecule has 0 aromatic heterocycles. The molecular weight excluding hydrogens is 267 g/mol. The van der Waals surface area contributed by atoms with Crippen LogP contribution in [0.1, 0.15) is 12.0 Å². The van der Waals surface area contributed by atoms with E-state index in [1.54, 1.807) is 0 Å². The summed E-state index contributed by atoms with van der Waals surface area (Å²) in [6.45, 7) is 1.54. The van der Waals surface area contributed by atoms with E-state index in [9.17, 15) is 12.8 Å². The van der Waals surface area contributed by atoms with E-state index in [1.807, 2.05) is 11.0 Å². The van der Waals surface area contributed by atoms with Gasteiger partial charge in [0.2, 0.25) is 0 Å². The van der Waals surface area contributed by atoms with Crippen LogP contribution in [0.3, 0.4) is 0 Å². The van der Waals surface area contributed by atoms with Crippen LogP contribution in [0.15, 0.2) is 18.2 Å². The van der Waals surface area contributed by atoms with Crippen LogP contribution in [0.4, 0.5) is 10.1 Å². The minimum Gasteiger partial charge on any atom is -0.370 e. The van der Waals surface area contributed by atoms with Gasteiger partial charge in [-0.05, 0) is 43.1 Å². The standard InChI is InChI=1S/C13H19FN2O2S/c14-12-8-11(2-3-15)9-13(10-12)16-4-1-6-19(17,18)7-5-16/h8-10H,1-7,15H2. The maximum absolute atomic E-state index is 13.6. The molecule has 1 saturated heterocycles. The smallest absolute Gasteiger partial charge is 0.152 e. The molecule has 0 saturated carbocycles. The summed E-state index contributed by atoms with van der Waals surface area (Å²) in [5.41, 5.74) is 7.09. The van der Waals surface area contributed by atoms with Crippen LogP contribution in [-0.2, 0) is 16.3 Å². The molecule has 1 aromatic carbocycles. The fraction of sp³-hybridized carbons (Fsp3) is 0.538. The third-order valence-corrected chi connectivity index (χ3v) is 5.01. The molecule has 0 amide bonds. The maximum Gasteiger partial charge on any atom is 0.152 e. The molecule has 1 aromatic rings. The number of nitrogens with zero attached hydrogens (tertiary/aromatic N) is 1. The van der Waals surface area contributed by atoms with Gasteiger partial charge in [-0.1, -0.05) is 0 Å². The molecular formula is C13H19FN2O2S. The average molecular weight is 286 g/mol. The SMILES string of the molecule is NCCc1cc(F)cc(N2CCCS(=O)(=O)CC2)c1. The molecule has 2 N–H and O–H groups in total. The summed E-state index contributed by atoms with van der Waals surface area (Å²) in [6, 6.07) is 4.83. The number of sulfone groups is 1. The zero-order valence-corrected chi connectivity index (χ0v) is 11.6. The molecule has 0 unspecified atom stereocenters. The van der Waals surface area contributed by atoms with Gasteiger partial charge in [-0.2, -0.15) is 0 Å². The van der Waals surface area contributed by atoms with Crippen molar-refractivity contribution in [2.75, 3.05) is 36.0 Å². The normalized spacial score (nSPS) is 19.2. The molecule has 0 bridgehead atoms. The average Bonchev–Trinajstić information content (AvgIpc) is 2.50. The van der Waals surface area contributed by atoms with E-state index in [0.29, 0.717) is 32.5 Å². The summed E-state index contributed by atoms with van der Waals surface area (Å²) in [7, 11) is -2.95. The van der Waals surface area contributed by atoms with Crippen LogP contribution in [0.2, 0.25) is 0 Å². The summed E-state index contributed by atoms with van der Waals surface area (Å²) in [4.78, 5) is 1.94. The highest BCUT2D eigenvalue weighted by Crippen LogP contribution is 2.21. The Morgan fingerprint density at radius 1 is 1.21 bits per heavy atom. The Bertz CT molecular complexity index is 546. The predicted octanol–water partition coefficient (Wildman–Crippen LogP) is 0.952. The van der Waals surface area contributed by atoms with Crippen molar-refractivity contribution in [3.05, 3.63) is 29.6 Å². The van der Waals surface area contributed by atoms with Crippen LogP contribution in [0.25, 0.3) is 0 Å². The van der Waals surface area contributed by atoms with Gasteiger partial charge in [0.1, 0.15) is 5.82 Å². The second kappa shape index (κ2) is 5.88. The van der Waals surface area contributed by atoms with E-state index in [0.717, 1.165) is 11.3 Å². The first-order valence-electron chi connectivity index (χ1n) is 6.45. The maximum atomic E-state index is 13.6. The molecule has 19 heavy (non-hydrogen) atoms. The van der Waals surface area contributed by atoms with Crippen molar-refractivity contribution in [2.24, 2.45) is 5.73 Å². The number of nitrogens with two attached hydrogens (primary N) is 1. The highest BCUT2D eigenvalue weighted by Gasteiger charge is 2.19. The quantitative estimate of drug-likeness (QED) is 0.898. The first kappa shape index (κ1) is 14.3. The Labute approximate surface area is 113 Å². The third kappa shape index (κ3) is 3.91. The van der Waals surface area contributed by atoms with Crippen molar-refractivity contribution in [3.63, 3.8) is 0 Å².